The minimum Gasteiger partial charge on any atom is -0.383 e. The maximum atomic E-state index is 10.6. The summed E-state index contributed by atoms with van der Waals surface area (Å²) in [5, 5.41) is 13.8. The number of methoxy groups -OCH3 is 1. The highest BCUT2D eigenvalue weighted by Gasteiger charge is 2.12. The van der Waals surface area contributed by atoms with E-state index in [0.29, 0.717) is 6.61 Å². The van der Waals surface area contributed by atoms with Crippen molar-refractivity contribution in [2.24, 2.45) is 0 Å². The lowest BCUT2D eigenvalue weighted by Crippen LogP contribution is -2.32. The normalized spacial score (nSPS) is 12.4. The first kappa shape index (κ1) is 13.6. The Hall–Kier alpha value is -1.46. The van der Waals surface area contributed by atoms with E-state index in [9.17, 15) is 10.1 Å². The van der Waals surface area contributed by atoms with E-state index in [1.807, 2.05) is 20.0 Å². The van der Waals surface area contributed by atoms with Crippen LogP contribution in [0.2, 0.25) is 0 Å². The highest BCUT2D eigenvalue weighted by molar-refractivity contribution is 5.39. The van der Waals surface area contributed by atoms with Crippen LogP contribution in [0.15, 0.2) is 18.2 Å². The molecule has 17 heavy (non-hydrogen) atoms. The van der Waals surface area contributed by atoms with Gasteiger partial charge in [-0.25, -0.2) is 0 Å². The number of hydrogen-bond acceptors (Lipinski definition) is 4. The van der Waals surface area contributed by atoms with Crippen molar-refractivity contribution in [3.05, 3.63) is 39.4 Å². The van der Waals surface area contributed by atoms with E-state index in [1.165, 1.54) is 0 Å². The zero-order chi connectivity index (χ0) is 12.8. The lowest BCUT2D eigenvalue weighted by molar-refractivity contribution is -0.384. The third-order valence-corrected chi connectivity index (χ3v) is 2.78. The standard InChI is InChI=1S/C12H18N2O3/c1-9-6-12(14(15)16)5-4-10(9)7-11(13-2)8-17-3/h4-6,11,13H,7-8H2,1-3H3. The molecule has 1 atom stereocenters. The highest BCUT2D eigenvalue weighted by atomic mass is 16.6. The molecule has 5 nitrogen and oxygen atoms in total. The van der Waals surface area contributed by atoms with Crippen molar-refractivity contribution in [3.8, 4) is 0 Å². The van der Waals surface area contributed by atoms with E-state index in [2.05, 4.69) is 5.32 Å². The van der Waals surface area contributed by atoms with Crippen LogP contribution >= 0.6 is 0 Å². The zero-order valence-corrected chi connectivity index (χ0v) is 10.4. The summed E-state index contributed by atoms with van der Waals surface area (Å²) in [5.41, 5.74) is 2.18. The van der Waals surface area contributed by atoms with E-state index < -0.39 is 0 Å². The Morgan fingerprint density at radius 2 is 2.24 bits per heavy atom. The van der Waals surface area contributed by atoms with Crippen LogP contribution in [-0.4, -0.2) is 31.7 Å². The van der Waals surface area contributed by atoms with Gasteiger partial charge >= 0.3 is 0 Å². The predicted octanol–water partition coefficient (Wildman–Crippen LogP) is 1.68. The van der Waals surface area contributed by atoms with Gasteiger partial charge < -0.3 is 10.1 Å². The van der Waals surface area contributed by atoms with Crippen molar-refractivity contribution >= 4 is 5.69 Å². The number of ether oxygens (including phenoxy) is 1. The molecule has 0 aliphatic carbocycles. The molecule has 0 aromatic heterocycles. The quantitative estimate of drug-likeness (QED) is 0.605. The number of rotatable bonds is 6. The maximum absolute atomic E-state index is 10.6. The summed E-state index contributed by atoms with van der Waals surface area (Å²) in [6, 6.07) is 5.18. The molecule has 1 aromatic carbocycles. The lowest BCUT2D eigenvalue weighted by Gasteiger charge is -2.16. The predicted molar refractivity (Wildman–Crippen MR) is 66.3 cm³/mol. The smallest absolute Gasteiger partial charge is 0.269 e. The van der Waals surface area contributed by atoms with Crippen molar-refractivity contribution < 1.29 is 9.66 Å². The highest BCUT2D eigenvalue weighted by Crippen LogP contribution is 2.18. The molecule has 0 fully saturated rings. The van der Waals surface area contributed by atoms with Crippen LogP contribution in [0.5, 0.6) is 0 Å². The van der Waals surface area contributed by atoms with E-state index in [-0.39, 0.29) is 16.7 Å². The fourth-order valence-corrected chi connectivity index (χ4v) is 1.73. The van der Waals surface area contributed by atoms with Crippen LogP contribution in [0, 0.1) is 17.0 Å². The van der Waals surface area contributed by atoms with Crippen LogP contribution in [0.25, 0.3) is 0 Å². The number of likely N-dealkylation sites (N-methyl/N-ethyl adjacent to an activating group) is 1. The Kier molecular flexibility index (Phi) is 5.06. The molecule has 94 valence electrons. The summed E-state index contributed by atoms with van der Waals surface area (Å²) in [5.74, 6) is 0. The van der Waals surface area contributed by atoms with Gasteiger partial charge in [0.2, 0.25) is 0 Å². The summed E-state index contributed by atoms with van der Waals surface area (Å²) in [6.07, 6.45) is 0.800. The number of hydrogen-bond donors (Lipinski definition) is 1. The van der Waals surface area contributed by atoms with Crippen LogP contribution < -0.4 is 5.32 Å². The number of nitro groups is 1. The topological polar surface area (TPSA) is 64.4 Å². The van der Waals surface area contributed by atoms with Crippen LogP contribution in [0.4, 0.5) is 5.69 Å². The van der Waals surface area contributed by atoms with E-state index in [0.717, 1.165) is 17.5 Å². The van der Waals surface area contributed by atoms with Gasteiger partial charge in [-0.15, -0.1) is 0 Å². The zero-order valence-electron chi connectivity index (χ0n) is 10.4. The molecule has 0 spiro atoms. The molecule has 0 bridgehead atoms. The number of non-ortho nitro benzene ring substituents is 1. The number of nitro benzene ring substituents is 1. The van der Waals surface area contributed by atoms with Crippen molar-refractivity contribution in [2.75, 3.05) is 20.8 Å². The summed E-state index contributed by atoms with van der Waals surface area (Å²) < 4.78 is 5.10. The maximum Gasteiger partial charge on any atom is 0.269 e. The van der Waals surface area contributed by atoms with Crippen LogP contribution in [0.3, 0.4) is 0 Å². The number of aryl methyl sites for hydroxylation is 1. The van der Waals surface area contributed by atoms with Gasteiger partial charge in [0.1, 0.15) is 0 Å². The largest absolute Gasteiger partial charge is 0.383 e. The lowest BCUT2D eigenvalue weighted by atomic mass is 10.0. The van der Waals surface area contributed by atoms with E-state index in [4.69, 9.17) is 4.74 Å². The average Bonchev–Trinajstić information content (AvgIpc) is 2.30. The summed E-state index contributed by atoms with van der Waals surface area (Å²) in [7, 11) is 3.54. The average molecular weight is 238 g/mol. The molecule has 1 N–H and O–H groups in total. The fourth-order valence-electron chi connectivity index (χ4n) is 1.73. The Bertz CT molecular complexity index is 393. The van der Waals surface area contributed by atoms with Crippen molar-refractivity contribution in [1.82, 2.24) is 5.32 Å². The monoisotopic (exact) mass is 238 g/mol. The molecular formula is C12H18N2O3. The van der Waals surface area contributed by atoms with Gasteiger partial charge in [0.05, 0.1) is 11.5 Å². The van der Waals surface area contributed by atoms with Gasteiger partial charge in [-0.1, -0.05) is 6.07 Å². The van der Waals surface area contributed by atoms with Gasteiger partial charge in [0.25, 0.3) is 5.69 Å². The molecular weight excluding hydrogens is 220 g/mol. The number of nitrogens with zero attached hydrogens (tertiary/aromatic N) is 1. The molecule has 1 aromatic rings. The van der Waals surface area contributed by atoms with Crippen molar-refractivity contribution in [3.63, 3.8) is 0 Å². The molecule has 0 saturated carbocycles. The first-order valence-electron chi connectivity index (χ1n) is 5.48. The molecule has 1 rings (SSSR count). The van der Waals surface area contributed by atoms with Crippen LogP contribution in [-0.2, 0) is 11.2 Å². The SMILES string of the molecule is CNC(COC)Cc1ccc([N+](=O)[O-])cc1C. The van der Waals surface area contributed by atoms with Crippen molar-refractivity contribution in [1.29, 1.82) is 0 Å². The van der Waals surface area contributed by atoms with E-state index >= 15 is 0 Å². The molecule has 0 amide bonds. The van der Waals surface area contributed by atoms with Crippen LogP contribution in [0.1, 0.15) is 11.1 Å². The Labute approximate surface area is 101 Å². The number of benzene rings is 1. The van der Waals surface area contributed by atoms with E-state index in [1.54, 1.807) is 19.2 Å². The fraction of sp³-hybridized carbons (Fsp3) is 0.500. The molecule has 1 unspecified atom stereocenters. The molecule has 0 heterocycles. The first-order chi connectivity index (χ1) is 8.08. The molecule has 0 saturated heterocycles. The summed E-state index contributed by atoms with van der Waals surface area (Å²) in [6.45, 7) is 2.51. The third kappa shape index (κ3) is 3.80. The molecule has 5 heteroatoms. The van der Waals surface area contributed by atoms with Gasteiger partial charge in [-0.2, -0.15) is 0 Å². The minimum atomic E-state index is -0.374. The summed E-state index contributed by atoms with van der Waals surface area (Å²) in [4.78, 5) is 10.2. The number of nitrogens with one attached hydrogen (secondary N) is 1. The first-order valence-corrected chi connectivity index (χ1v) is 5.48. The van der Waals surface area contributed by atoms with Gasteiger partial charge in [0, 0.05) is 25.3 Å². The Balaban J connectivity index is 2.81. The van der Waals surface area contributed by atoms with Gasteiger partial charge in [-0.05, 0) is 31.5 Å². The molecule has 0 aliphatic rings. The minimum absolute atomic E-state index is 0.138. The molecule has 0 radical (unpaired) electrons. The second-order valence-electron chi connectivity index (χ2n) is 4.01. The van der Waals surface area contributed by atoms with Crippen molar-refractivity contribution in [2.45, 2.75) is 19.4 Å². The second-order valence-corrected chi connectivity index (χ2v) is 4.01. The third-order valence-electron chi connectivity index (χ3n) is 2.78. The van der Waals surface area contributed by atoms with Gasteiger partial charge in [-0.3, -0.25) is 10.1 Å². The second kappa shape index (κ2) is 6.32. The Morgan fingerprint density at radius 3 is 2.71 bits per heavy atom. The Morgan fingerprint density at radius 1 is 1.53 bits per heavy atom. The van der Waals surface area contributed by atoms with Gasteiger partial charge in [0.15, 0.2) is 0 Å². The molecule has 0 aliphatic heterocycles. The summed E-state index contributed by atoms with van der Waals surface area (Å²) >= 11 is 0.